The molecule has 37 heavy (non-hydrogen) atoms. The van der Waals surface area contributed by atoms with Crippen molar-refractivity contribution >= 4 is 61.2 Å². The lowest BCUT2D eigenvalue weighted by Crippen LogP contribution is -2.36. The van der Waals surface area contributed by atoms with Gasteiger partial charge in [0.1, 0.15) is 5.00 Å². The van der Waals surface area contributed by atoms with Crippen molar-refractivity contribution in [3.63, 3.8) is 0 Å². The molecule has 0 aliphatic carbocycles. The van der Waals surface area contributed by atoms with Crippen molar-refractivity contribution in [1.82, 2.24) is 19.9 Å². The highest BCUT2D eigenvalue weighted by atomic mass is 32.2. The second-order valence-corrected chi connectivity index (χ2v) is 9.72. The minimum Gasteiger partial charge on any atom is -0.755 e. The minimum absolute atomic E-state index is 0.118. The van der Waals surface area contributed by atoms with Crippen LogP contribution in [0.1, 0.15) is 17.3 Å². The number of morpholine rings is 1. The van der Waals surface area contributed by atoms with E-state index < -0.39 is 17.2 Å². The molecule has 0 radical (unpaired) electrons. The molecule has 1 fully saturated rings. The van der Waals surface area contributed by atoms with Gasteiger partial charge in [-0.25, -0.2) is 29.0 Å². The monoisotopic (exact) mass is 540 g/mol. The predicted octanol–water partition coefficient (Wildman–Crippen LogP) is 2.68. The summed E-state index contributed by atoms with van der Waals surface area (Å²) in [4.78, 5) is 31.8. The number of carbonyl (C=O) groups is 1. The van der Waals surface area contributed by atoms with Crippen LogP contribution < -0.4 is 14.9 Å². The van der Waals surface area contributed by atoms with Crippen LogP contribution >= 0.6 is 11.3 Å². The molecule has 1 aliphatic rings. The second-order valence-electron chi connectivity index (χ2n) is 7.89. The maximum atomic E-state index is 12.3. The molecule has 1 aliphatic heterocycles. The van der Waals surface area contributed by atoms with Gasteiger partial charge in [-0.2, -0.15) is 0 Å². The average molecular weight is 541 g/mol. The van der Waals surface area contributed by atoms with Crippen LogP contribution in [-0.2, 0) is 20.7 Å². The summed E-state index contributed by atoms with van der Waals surface area (Å²) >= 11 is -1.54. The van der Waals surface area contributed by atoms with Gasteiger partial charge in [-0.15, -0.1) is 11.3 Å². The van der Waals surface area contributed by atoms with Gasteiger partial charge < -0.3 is 24.7 Å². The van der Waals surface area contributed by atoms with Gasteiger partial charge >= 0.3 is 5.97 Å². The first-order valence-corrected chi connectivity index (χ1v) is 13.2. The van der Waals surface area contributed by atoms with Gasteiger partial charge in [0.25, 0.3) is 0 Å². The van der Waals surface area contributed by atoms with Crippen molar-refractivity contribution in [1.29, 1.82) is 0 Å². The molecule has 0 amide bonds. The Balaban J connectivity index is 1.59. The number of benzene rings is 1. The molecule has 1 aromatic carbocycles. The topological polar surface area (TPSA) is 160 Å². The molecule has 1 saturated heterocycles. The molecule has 14 heteroatoms. The van der Waals surface area contributed by atoms with Gasteiger partial charge in [-0.3, -0.25) is 4.21 Å². The first-order chi connectivity index (χ1) is 17.9. The van der Waals surface area contributed by atoms with Gasteiger partial charge in [0.2, 0.25) is 5.95 Å². The Labute approximate surface area is 218 Å². The molecular weight excluding hydrogens is 518 g/mol. The molecule has 1 atom stereocenters. The van der Waals surface area contributed by atoms with Crippen LogP contribution in [0.15, 0.2) is 42.7 Å². The first-order valence-electron chi connectivity index (χ1n) is 11.3. The number of ether oxygens (including phenoxy) is 2. The number of esters is 1. The van der Waals surface area contributed by atoms with E-state index in [1.807, 2.05) is 12.1 Å². The normalized spacial score (nSPS) is 14.5. The van der Waals surface area contributed by atoms with Gasteiger partial charge in [-0.1, -0.05) is 0 Å². The summed E-state index contributed by atoms with van der Waals surface area (Å²) in [5.74, 6) is 0.466. The Bertz CT molecular complexity index is 1440. The third-order valence-electron chi connectivity index (χ3n) is 5.50. The Hall–Kier alpha value is -3.72. The van der Waals surface area contributed by atoms with E-state index in [1.54, 1.807) is 25.1 Å². The number of aromatic nitrogens is 4. The molecule has 2 N–H and O–H groups in total. The third kappa shape index (κ3) is 5.22. The van der Waals surface area contributed by atoms with Crippen molar-refractivity contribution in [2.24, 2.45) is 0 Å². The second kappa shape index (κ2) is 10.7. The van der Waals surface area contributed by atoms with Crippen molar-refractivity contribution in [2.75, 3.05) is 47.8 Å². The highest BCUT2D eigenvalue weighted by Crippen LogP contribution is 2.40. The van der Waals surface area contributed by atoms with Crippen LogP contribution in [0.4, 0.5) is 22.5 Å². The van der Waals surface area contributed by atoms with Gasteiger partial charge in [0.05, 0.1) is 46.9 Å². The van der Waals surface area contributed by atoms with Crippen LogP contribution in [0, 0.1) is 0 Å². The number of hydrogen-bond acceptors (Lipinski definition) is 12. The number of fused-ring (bicyclic) bond motifs is 1. The van der Waals surface area contributed by atoms with E-state index in [4.69, 9.17) is 25.2 Å². The summed E-state index contributed by atoms with van der Waals surface area (Å²) in [5, 5.41) is 0.325. The molecule has 0 spiro atoms. The summed E-state index contributed by atoms with van der Waals surface area (Å²) in [6.45, 7) is 4.26. The number of nitrogens with zero attached hydrogens (tertiary/aromatic N) is 6. The standard InChI is InChI=1S/C23H23N7O5S2/c1-2-35-22(31)15-12-25-23(26-13-15)30(37(32)33)18-11-17-19(36-18)21(29-7-9-34-10-8-29)28-20(27-17)14-3-5-16(24)6-4-14/h3-6,11-13H,2,7-10,24H2,1H3,(H,32,33)/p-1. The van der Waals surface area contributed by atoms with Crippen LogP contribution in [0.5, 0.6) is 0 Å². The fourth-order valence-corrected chi connectivity index (χ4v) is 5.48. The van der Waals surface area contributed by atoms with E-state index in [0.717, 1.165) is 14.6 Å². The number of thiophene rings is 1. The molecule has 4 aromatic rings. The van der Waals surface area contributed by atoms with Crippen LogP contribution in [0.25, 0.3) is 21.6 Å². The van der Waals surface area contributed by atoms with Crippen LogP contribution in [0.3, 0.4) is 0 Å². The fourth-order valence-electron chi connectivity index (χ4n) is 3.74. The zero-order chi connectivity index (χ0) is 25.9. The van der Waals surface area contributed by atoms with E-state index in [1.165, 1.54) is 23.7 Å². The zero-order valence-corrected chi connectivity index (χ0v) is 21.3. The Kier molecular flexibility index (Phi) is 7.23. The molecule has 192 valence electrons. The maximum absolute atomic E-state index is 12.3. The smallest absolute Gasteiger partial charge is 0.341 e. The summed E-state index contributed by atoms with van der Waals surface area (Å²) < 4.78 is 36.7. The Morgan fingerprint density at radius 3 is 2.57 bits per heavy atom. The molecule has 4 heterocycles. The minimum atomic E-state index is -2.75. The van der Waals surface area contributed by atoms with Crippen LogP contribution in [0.2, 0.25) is 0 Å². The quantitative estimate of drug-likeness (QED) is 0.208. The lowest BCUT2D eigenvalue weighted by molar-refractivity contribution is 0.0525. The van der Waals surface area contributed by atoms with Crippen molar-refractivity contribution in [3.8, 4) is 11.4 Å². The number of nitrogens with two attached hydrogens (primary N) is 1. The number of rotatable bonds is 7. The Morgan fingerprint density at radius 1 is 1.22 bits per heavy atom. The molecule has 1 unspecified atom stereocenters. The summed E-state index contributed by atoms with van der Waals surface area (Å²) in [6.07, 6.45) is 2.46. The van der Waals surface area contributed by atoms with Crippen molar-refractivity contribution in [2.45, 2.75) is 6.92 Å². The summed E-state index contributed by atoms with van der Waals surface area (Å²) in [5.41, 5.74) is 7.93. The molecule has 0 bridgehead atoms. The number of anilines is 4. The van der Waals surface area contributed by atoms with Gasteiger partial charge in [0.15, 0.2) is 11.6 Å². The maximum Gasteiger partial charge on any atom is 0.341 e. The molecule has 3 aromatic heterocycles. The third-order valence-corrected chi connectivity index (χ3v) is 7.38. The SMILES string of the molecule is CCOC(=O)c1cnc(N(c2cc3nc(-c4ccc(N)cc4)nc(N4CCOCC4)c3s2)S(=O)[O-])nc1. The van der Waals surface area contributed by atoms with Gasteiger partial charge in [-0.05, 0) is 31.2 Å². The molecular formula is C23H22N7O5S2-. The highest BCUT2D eigenvalue weighted by molar-refractivity contribution is 7.81. The summed E-state index contributed by atoms with van der Waals surface area (Å²) in [6, 6.07) is 8.88. The highest BCUT2D eigenvalue weighted by Gasteiger charge is 2.24. The van der Waals surface area contributed by atoms with E-state index in [-0.39, 0.29) is 18.1 Å². The number of nitrogen functional groups attached to an aromatic ring is 1. The Morgan fingerprint density at radius 2 is 1.92 bits per heavy atom. The predicted molar refractivity (Wildman–Crippen MR) is 139 cm³/mol. The number of hydrogen-bond donors (Lipinski definition) is 1. The van der Waals surface area contributed by atoms with E-state index in [2.05, 4.69) is 14.9 Å². The van der Waals surface area contributed by atoms with Crippen LogP contribution in [-0.4, -0.2) is 67.6 Å². The molecule has 0 saturated carbocycles. The van der Waals surface area contributed by atoms with E-state index >= 15 is 0 Å². The van der Waals surface area contributed by atoms with Gasteiger partial charge in [0, 0.05) is 42.8 Å². The lowest BCUT2D eigenvalue weighted by atomic mass is 10.2. The van der Waals surface area contributed by atoms with Crippen molar-refractivity contribution in [3.05, 3.63) is 48.3 Å². The molecule has 12 nitrogen and oxygen atoms in total. The first kappa shape index (κ1) is 25.0. The zero-order valence-electron chi connectivity index (χ0n) is 19.7. The largest absolute Gasteiger partial charge is 0.755 e. The fraction of sp³-hybridized carbons (Fsp3) is 0.261. The van der Waals surface area contributed by atoms with E-state index in [0.29, 0.717) is 54.2 Å². The summed E-state index contributed by atoms with van der Waals surface area (Å²) in [7, 11) is 0. The number of carbonyl (C=O) groups excluding carboxylic acids is 1. The lowest BCUT2D eigenvalue weighted by Gasteiger charge is -2.28. The van der Waals surface area contributed by atoms with Crippen molar-refractivity contribution < 1.29 is 23.0 Å². The molecule has 5 rings (SSSR count). The van der Waals surface area contributed by atoms with E-state index in [9.17, 15) is 13.6 Å². The average Bonchev–Trinajstić information content (AvgIpc) is 3.33.